The summed E-state index contributed by atoms with van der Waals surface area (Å²) in [5, 5.41) is 19.9. The third-order valence-electron chi connectivity index (χ3n) is 4.20. The van der Waals surface area contributed by atoms with Crippen LogP contribution in [-0.2, 0) is 11.3 Å². The maximum Gasteiger partial charge on any atom is 0.387 e. The molecule has 0 unspecified atom stereocenters. The van der Waals surface area contributed by atoms with E-state index in [0.29, 0.717) is 27.8 Å². The molecular formula is C18H17F2N5O4S. The summed E-state index contributed by atoms with van der Waals surface area (Å²) in [4.78, 5) is 27.1. The number of nitrogens with zero attached hydrogens (tertiary/aromatic N) is 4. The van der Waals surface area contributed by atoms with Gasteiger partial charge in [0.2, 0.25) is 5.91 Å². The van der Waals surface area contributed by atoms with Crippen molar-refractivity contribution in [3.8, 4) is 17.0 Å². The third kappa shape index (κ3) is 4.95. The van der Waals surface area contributed by atoms with Crippen LogP contribution in [0.5, 0.6) is 5.75 Å². The highest BCUT2D eigenvalue weighted by Gasteiger charge is 2.22. The number of hydrogen-bond donors (Lipinski definition) is 1. The molecule has 0 radical (unpaired) electrons. The molecule has 158 valence electrons. The Kier molecular flexibility index (Phi) is 6.35. The van der Waals surface area contributed by atoms with Crippen LogP contribution < -0.4 is 10.1 Å². The molecule has 3 aromatic rings. The molecule has 0 bridgehead atoms. The van der Waals surface area contributed by atoms with E-state index in [1.54, 1.807) is 31.4 Å². The Labute approximate surface area is 173 Å². The lowest BCUT2D eigenvalue weighted by Gasteiger charge is -2.05. The first-order chi connectivity index (χ1) is 14.2. The molecule has 3 rings (SSSR count). The van der Waals surface area contributed by atoms with Crippen molar-refractivity contribution < 1.29 is 23.2 Å². The van der Waals surface area contributed by atoms with E-state index in [4.69, 9.17) is 0 Å². The molecule has 9 nitrogen and oxygen atoms in total. The molecule has 30 heavy (non-hydrogen) atoms. The Morgan fingerprint density at radius 2 is 2.03 bits per heavy atom. The minimum absolute atomic E-state index is 0.0434. The number of ether oxygens (including phenoxy) is 1. The highest BCUT2D eigenvalue weighted by molar-refractivity contribution is 7.14. The Balaban J connectivity index is 1.59. The fourth-order valence-corrected chi connectivity index (χ4v) is 3.57. The van der Waals surface area contributed by atoms with Crippen LogP contribution in [0.2, 0.25) is 0 Å². The van der Waals surface area contributed by atoms with Gasteiger partial charge in [-0.25, -0.2) is 4.98 Å². The van der Waals surface area contributed by atoms with E-state index in [1.165, 1.54) is 28.2 Å². The van der Waals surface area contributed by atoms with Gasteiger partial charge in [0.15, 0.2) is 5.13 Å². The van der Waals surface area contributed by atoms with E-state index in [1.807, 2.05) is 0 Å². The number of hydrogen-bond acceptors (Lipinski definition) is 7. The summed E-state index contributed by atoms with van der Waals surface area (Å²) in [6.45, 7) is 0.430. The van der Waals surface area contributed by atoms with Crippen molar-refractivity contribution in [3.63, 3.8) is 0 Å². The lowest BCUT2D eigenvalue weighted by atomic mass is 10.2. The van der Waals surface area contributed by atoms with Gasteiger partial charge in [0.1, 0.15) is 17.1 Å². The Morgan fingerprint density at radius 1 is 1.33 bits per heavy atom. The van der Waals surface area contributed by atoms with Crippen molar-refractivity contribution in [2.45, 2.75) is 33.4 Å². The number of nitro groups is 1. The van der Waals surface area contributed by atoms with Gasteiger partial charge in [-0.05, 0) is 38.1 Å². The number of carbonyl (C=O) groups excluding carboxylic acids is 1. The standard InChI is InChI=1S/C18H17F2N5O4S/c1-10-16(25(27)28)11(2)24(23-10)8-7-15(26)22-18-21-14(9-30-18)12-3-5-13(6-4-12)29-17(19)20/h3-6,9,17H,7-8H2,1-2H3,(H,21,22,26). The van der Waals surface area contributed by atoms with Crippen LogP contribution in [0, 0.1) is 24.0 Å². The fourth-order valence-electron chi connectivity index (χ4n) is 2.83. The number of rotatable bonds is 8. The average Bonchev–Trinajstić information content (AvgIpc) is 3.24. The lowest BCUT2D eigenvalue weighted by molar-refractivity contribution is -0.386. The molecule has 0 aliphatic heterocycles. The number of thiazole rings is 1. The van der Waals surface area contributed by atoms with Crippen LogP contribution in [0.15, 0.2) is 29.6 Å². The Hall–Kier alpha value is -3.41. The van der Waals surface area contributed by atoms with Crippen molar-refractivity contribution >= 4 is 28.1 Å². The highest BCUT2D eigenvalue weighted by Crippen LogP contribution is 2.27. The van der Waals surface area contributed by atoms with E-state index in [0.717, 1.165) is 0 Å². The molecule has 1 aromatic carbocycles. The van der Waals surface area contributed by atoms with Gasteiger partial charge < -0.3 is 10.1 Å². The molecule has 1 amide bonds. The first kappa shape index (κ1) is 21.3. The molecule has 0 spiro atoms. The SMILES string of the molecule is Cc1nn(CCC(=O)Nc2nc(-c3ccc(OC(F)F)cc3)cs2)c(C)c1[N+](=O)[O-]. The lowest BCUT2D eigenvalue weighted by Crippen LogP contribution is -2.15. The predicted octanol–water partition coefficient (Wildman–Crippen LogP) is 4.16. The molecule has 0 aliphatic carbocycles. The van der Waals surface area contributed by atoms with Crippen molar-refractivity contribution in [1.29, 1.82) is 0 Å². The van der Waals surface area contributed by atoms with Crippen LogP contribution in [0.25, 0.3) is 11.3 Å². The molecule has 0 saturated heterocycles. The second kappa shape index (κ2) is 8.95. The van der Waals surface area contributed by atoms with Gasteiger partial charge in [0, 0.05) is 17.4 Å². The summed E-state index contributed by atoms with van der Waals surface area (Å²) < 4.78 is 30.2. The number of amides is 1. The monoisotopic (exact) mass is 437 g/mol. The molecule has 0 fully saturated rings. The number of benzene rings is 1. The van der Waals surface area contributed by atoms with Crippen LogP contribution in [0.4, 0.5) is 19.6 Å². The number of alkyl halides is 2. The van der Waals surface area contributed by atoms with E-state index in [2.05, 4.69) is 20.1 Å². The van der Waals surface area contributed by atoms with Crippen LogP contribution >= 0.6 is 11.3 Å². The minimum Gasteiger partial charge on any atom is -0.435 e. The molecule has 0 atom stereocenters. The zero-order valence-electron chi connectivity index (χ0n) is 16.0. The van der Waals surface area contributed by atoms with Gasteiger partial charge in [-0.3, -0.25) is 19.6 Å². The summed E-state index contributed by atoms with van der Waals surface area (Å²) in [5.41, 5.74) is 1.90. The van der Waals surface area contributed by atoms with E-state index in [-0.39, 0.29) is 30.3 Å². The van der Waals surface area contributed by atoms with Gasteiger partial charge >= 0.3 is 12.3 Å². The summed E-state index contributed by atoms with van der Waals surface area (Å²) in [6, 6.07) is 6.00. The third-order valence-corrected chi connectivity index (χ3v) is 4.96. The van der Waals surface area contributed by atoms with Crippen molar-refractivity contribution in [2.75, 3.05) is 5.32 Å². The zero-order chi connectivity index (χ0) is 21.8. The normalized spacial score (nSPS) is 11.0. The quantitative estimate of drug-likeness (QED) is 0.418. The van der Waals surface area contributed by atoms with E-state index >= 15 is 0 Å². The van der Waals surface area contributed by atoms with E-state index < -0.39 is 11.5 Å². The van der Waals surface area contributed by atoms with Gasteiger partial charge in [-0.1, -0.05) is 0 Å². The maximum absolute atomic E-state index is 12.2. The van der Waals surface area contributed by atoms with Gasteiger partial charge in [-0.15, -0.1) is 11.3 Å². The highest BCUT2D eigenvalue weighted by atomic mass is 32.1. The number of carbonyl (C=O) groups is 1. The number of aromatic nitrogens is 3. The van der Waals surface area contributed by atoms with E-state index in [9.17, 15) is 23.7 Å². The van der Waals surface area contributed by atoms with Crippen molar-refractivity contribution in [1.82, 2.24) is 14.8 Å². The summed E-state index contributed by atoms with van der Waals surface area (Å²) in [5.74, 6) is -0.270. The topological polar surface area (TPSA) is 112 Å². The van der Waals surface area contributed by atoms with Crippen molar-refractivity contribution in [3.05, 3.63) is 51.1 Å². The van der Waals surface area contributed by atoms with Crippen LogP contribution in [-0.4, -0.2) is 32.2 Å². The second-order valence-corrected chi connectivity index (χ2v) is 7.10. The zero-order valence-corrected chi connectivity index (χ0v) is 16.8. The number of aryl methyl sites for hydroxylation is 2. The summed E-state index contributed by atoms with van der Waals surface area (Å²) in [7, 11) is 0. The average molecular weight is 437 g/mol. The largest absolute Gasteiger partial charge is 0.435 e. The minimum atomic E-state index is -2.89. The Bertz CT molecular complexity index is 1070. The van der Waals surface area contributed by atoms with Crippen LogP contribution in [0.3, 0.4) is 0 Å². The van der Waals surface area contributed by atoms with Gasteiger partial charge in [-0.2, -0.15) is 13.9 Å². The molecule has 12 heteroatoms. The smallest absolute Gasteiger partial charge is 0.387 e. The molecule has 2 heterocycles. The summed E-state index contributed by atoms with van der Waals surface area (Å²) in [6.07, 6.45) is 0.0632. The Morgan fingerprint density at radius 3 is 2.63 bits per heavy atom. The molecule has 0 saturated carbocycles. The first-order valence-corrected chi connectivity index (χ1v) is 9.61. The second-order valence-electron chi connectivity index (χ2n) is 6.24. The predicted molar refractivity (Wildman–Crippen MR) is 106 cm³/mol. The first-order valence-electron chi connectivity index (χ1n) is 8.73. The fraction of sp³-hybridized carbons (Fsp3) is 0.278. The van der Waals surface area contributed by atoms with Gasteiger partial charge in [0.05, 0.1) is 17.2 Å². The summed E-state index contributed by atoms with van der Waals surface area (Å²) >= 11 is 1.22. The number of halogens is 2. The molecule has 1 N–H and O–H groups in total. The molecule has 0 aliphatic rings. The maximum atomic E-state index is 12.2. The number of anilines is 1. The number of nitrogens with one attached hydrogen (secondary N) is 1. The molecule has 2 aromatic heterocycles. The van der Waals surface area contributed by atoms with Crippen LogP contribution in [0.1, 0.15) is 17.8 Å². The van der Waals surface area contributed by atoms with Crippen molar-refractivity contribution in [2.24, 2.45) is 0 Å². The molecular weight excluding hydrogens is 420 g/mol. The van der Waals surface area contributed by atoms with Gasteiger partial charge in [0.25, 0.3) is 0 Å².